The molecular formula is C10H12F2N2O2. The summed E-state index contributed by atoms with van der Waals surface area (Å²) in [5.74, 6) is -5.15. The number of aliphatic hydroxyl groups excluding tert-OH is 1. The van der Waals surface area contributed by atoms with Crippen molar-refractivity contribution in [2.24, 2.45) is 0 Å². The Labute approximate surface area is 91.3 Å². The third-order valence-electron chi connectivity index (χ3n) is 1.92. The maximum absolute atomic E-state index is 13.5. The number of rotatable bonds is 4. The Balaban J connectivity index is 2.82. The lowest BCUT2D eigenvalue weighted by Gasteiger charge is -2.17. The molecule has 0 aliphatic rings. The fourth-order valence-electron chi connectivity index (χ4n) is 1.02. The van der Waals surface area contributed by atoms with Crippen LogP contribution in [0.1, 0.15) is 12.6 Å². The van der Waals surface area contributed by atoms with Crippen LogP contribution < -0.4 is 5.32 Å². The highest BCUT2D eigenvalue weighted by Gasteiger charge is 2.42. The van der Waals surface area contributed by atoms with Gasteiger partial charge in [0.05, 0.1) is 6.61 Å². The summed E-state index contributed by atoms with van der Waals surface area (Å²) in [4.78, 5) is 14.7. The molecule has 1 aromatic heterocycles. The van der Waals surface area contributed by atoms with Gasteiger partial charge in [0, 0.05) is 12.2 Å². The van der Waals surface area contributed by atoms with E-state index in [0.717, 1.165) is 6.07 Å². The normalized spacial score (nSPS) is 13.2. The highest BCUT2D eigenvalue weighted by Crippen LogP contribution is 2.25. The molecule has 0 aromatic carbocycles. The molecule has 0 radical (unpaired) electrons. The van der Waals surface area contributed by atoms with Crippen LogP contribution in [-0.4, -0.2) is 28.6 Å². The van der Waals surface area contributed by atoms with Crippen molar-refractivity contribution in [3.8, 4) is 0 Å². The zero-order chi connectivity index (χ0) is 12.2. The minimum absolute atomic E-state index is 0.399. The van der Waals surface area contributed by atoms with Crippen LogP contribution in [0.25, 0.3) is 0 Å². The van der Waals surface area contributed by atoms with Gasteiger partial charge in [-0.15, -0.1) is 0 Å². The third kappa shape index (κ3) is 2.73. The van der Waals surface area contributed by atoms with Gasteiger partial charge in [-0.05, 0) is 19.1 Å². The molecule has 0 spiro atoms. The number of hydrogen-bond donors (Lipinski definition) is 2. The number of halogens is 2. The summed E-state index contributed by atoms with van der Waals surface area (Å²) in [6.45, 7) is 1.02. The van der Waals surface area contributed by atoms with Crippen LogP contribution in [0.5, 0.6) is 0 Å². The Morgan fingerprint density at radius 1 is 1.62 bits per heavy atom. The molecule has 4 nitrogen and oxygen atoms in total. The van der Waals surface area contributed by atoms with Crippen LogP contribution >= 0.6 is 0 Å². The molecule has 0 saturated carbocycles. The number of nitrogens with one attached hydrogen (secondary N) is 1. The molecule has 16 heavy (non-hydrogen) atoms. The molecule has 1 atom stereocenters. The molecule has 1 unspecified atom stereocenters. The van der Waals surface area contributed by atoms with E-state index in [2.05, 4.69) is 4.98 Å². The van der Waals surface area contributed by atoms with Gasteiger partial charge in [0.1, 0.15) is 5.69 Å². The van der Waals surface area contributed by atoms with E-state index < -0.39 is 30.2 Å². The van der Waals surface area contributed by atoms with E-state index in [1.807, 2.05) is 5.32 Å². The van der Waals surface area contributed by atoms with Gasteiger partial charge in [-0.25, -0.2) is 0 Å². The summed E-state index contributed by atoms with van der Waals surface area (Å²) in [6, 6.07) is 3.21. The molecule has 1 aromatic rings. The molecule has 0 bridgehead atoms. The number of carbonyl (C=O) groups excluding carboxylic acids is 1. The third-order valence-corrected chi connectivity index (χ3v) is 1.92. The lowest BCUT2D eigenvalue weighted by Crippen LogP contribution is -2.44. The maximum Gasteiger partial charge on any atom is 0.366 e. The van der Waals surface area contributed by atoms with Crippen molar-refractivity contribution in [3.63, 3.8) is 0 Å². The minimum atomic E-state index is -3.69. The average molecular weight is 230 g/mol. The predicted octanol–water partition coefficient (Wildman–Crippen LogP) is 0.670. The number of hydrogen-bond acceptors (Lipinski definition) is 3. The molecule has 0 aliphatic carbocycles. The van der Waals surface area contributed by atoms with Crippen molar-refractivity contribution in [1.29, 1.82) is 0 Å². The summed E-state index contributed by atoms with van der Waals surface area (Å²) in [7, 11) is 0. The van der Waals surface area contributed by atoms with E-state index >= 15 is 0 Å². The molecule has 2 N–H and O–H groups in total. The molecule has 6 heteroatoms. The summed E-state index contributed by atoms with van der Waals surface area (Å²) >= 11 is 0. The second kappa shape index (κ2) is 4.98. The van der Waals surface area contributed by atoms with Crippen molar-refractivity contribution in [2.75, 3.05) is 6.61 Å². The molecule has 1 rings (SSSR count). The Kier molecular flexibility index (Phi) is 3.89. The molecule has 0 fully saturated rings. The van der Waals surface area contributed by atoms with E-state index in [0.29, 0.717) is 0 Å². The smallest absolute Gasteiger partial charge is 0.366 e. The van der Waals surface area contributed by atoms with Gasteiger partial charge in [-0.1, -0.05) is 6.07 Å². The number of nitrogens with zero attached hydrogens (tertiary/aromatic N) is 1. The molecule has 88 valence electrons. The zero-order valence-corrected chi connectivity index (χ0v) is 8.65. The quantitative estimate of drug-likeness (QED) is 0.799. The van der Waals surface area contributed by atoms with E-state index in [9.17, 15) is 13.6 Å². The van der Waals surface area contributed by atoms with Crippen LogP contribution in [0.4, 0.5) is 8.78 Å². The summed E-state index contributed by atoms with van der Waals surface area (Å²) < 4.78 is 27.0. The zero-order valence-electron chi connectivity index (χ0n) is 8.65. The predicted molar refractivity (Wildman–Crippen MR) is 52.8 cm³/mol. The van der Waals surface area contributed by atoms with E-state index in [1.165, 1.54) is 25.3 Å². The van der Waals surface area contributed by atoms with Gasteiger partial charge >= 0.3 is 5.92 Å². The average Bonchev–Trinajstić information content (AvgIpc) is 2.29. The van der Waals surface area contributed by atoms with Gasteiger partial charge in [0.25, 0.3) is 5.91 Å². The Morgan fingerprint density at radius 2 is 2.31 bits per heavy atom. The van der Waals surface area contributed by atoms with Crippen molar-refractivity contribution >= 4 is 5.91 Å². The van der Waals surface area contributed by atoms with Crippen LogP contribution in [-0.2, 0) is 10.7 Å². The first-order chi connectivity index (χ1) is 7.48. The first kappa shape index (κ1) is 12.5. The second-order valence-corrected chi connectivity index (χ2v) is 3.35. The largest absolute Gasteiger partial charge is 0.394 e. The van der Waals surface area contributed by atoms with Crippen LogP contribution in [0.15, 0.2) is 24.4 Å². The lowest BCUT2D eigenvalue weighted by atomic mass is 10.2. The number of alkyl halides is 2. The fourth-order valence-corrected chi connectivity index (χ4v) is 1.02. The molecule has 1 amide bonds. The first-order valence-corrected chi connectivity index (χ1v) is 4.69. The van der Waals surface area contributed by atoms with Crippen molar-refractivity contribution in [3.05, 3.63) is 30.1 Å². The van der Waals surface area contributed by atoms with Crippen molar-refractivity contribution in [1.82, 2.24) is 10.3 Å². The Morgan fingerprint density at radius 3 is 2.81 bits per heavy atom. The van der Waals surface area contributed by atoms with Crippen LogP contribution in [0.3, 0.4) is 0 Å². The minimum Gasteiger partial charge on any atom is -0.394 e. The van der Waals surface area contributed by atoms with Crippen LogP contribution in [0.2, 0.25) is 0 Å². The fraction of sp³-hybridized carbons (Fsp3) is 0.400. The highest BCUT2D eigenvalue weighted by atomic mass is 19.3. The highest BCUT2D eigenvalue weighted by molar-refractivity contribution is 5.84. The van der Waals surface area contributed by atoms with Gasteiger partial charge < -0.3 is 10.4 Å². The SMILES string of the molecule is CC(CO)NC(=O)C(F)(F)c1ccccn1. The van der Waals surface area contributed by atoms with E-state index in [-0.39, 0.29) is 0 Å². The number of pyridine rings is 1. The van der Waals surface area contributed by atoms with Gasteiger partial charge in [-0.3, -0.25) is 9.78 Å². The Hall–Kier alpha value is -1.56. The number of aliphatic hydroxyl groups is 1. The molecule has 0 saturated heterocycles. The van der Waals surface area contributed by atoms with Crippen molar-refractivity contribution in [2.45, 2.75) is 18.9 Å². The topological polar surface area (TPSA) is 62.2 Å². The molecule has 0 aliphatic heterocycles. The molecule has 1 heterocycles. The summed E-state index contributed by atoms with van der Waals surface area (Å²) in [5.41, 5.74) is -0.613. The molecular weight excluding hydrogens is 218 g/mol. The van der Waals surface area contributed by atoms with E-state index in [4.69, 9.17) is 5.11 Å². The monoisotopic (exact) mass is 230 g/mol. The second-order valence-electron chi connectivity index (χ2n) is 3.35. The van der Waals surface area contributed by atoms with Crippen LogP contribution in [0, 0.1) is 0 Å². The Bertz CT molecular complexity index is 357. The van der Waals surface area contributed by atoms with Gasteiger partial charge in [0.2, 0.25) is 0 Å². The number of carbonyl (C=O) groups is 1. The van der Waals surface area contributed by atoms with E-state index in [1.54, 1.807) is 0 Å². The van der Waals surface area contributed by atoms with Gasteiger partial charge in [-0.2, -0.15) is 8.78 Å². The summed E-state index contributed by atoms with van der Waals surface area (Å²) in [5, 5.41) is 10.6. The lowest BCUT2D eigenvalue weighted by molar-refractivity contribution is -0.148. The maximum atomic E-state index is 13.5. The number of aromatic nitrogens is 1. The van der Waals surface area contributed by atoms with Crippen molar-refractivity contribution < 1.29 is 18.7 Å². The first-order valence-electron chi connectivity index (χ1n) is 4.69. The van der Waals surface area contributed by atoms with Gasteiger partial charge in [0.15, 0.2) is 0 Å². The number of amides is 1. The summed E-state index contributed by atoms with van der Waals surface area (Å²) in [6.07, 6.45) is 1.19. The standard InChI is InChI=1S/C10H12F2N2O2/c1-7(6-15)14-9(16)10(11,12)8-4-2-3-5-13-8/h2-5,7,15H,6H2,1H3,(H,14,16).